The molecule has 2 aromatic rings. The number of benzene rings is 2. The Balaban J connectivity index is 1.54. The highest BCUT2D eigenvalue weighted by molar-refractivity contribution is 6.33. The first-order valence-electron chi connectivity index (χ1n) is 12.1. The Hall–Kier alpha value is -4.31. The minimum Gasteiger partial charge on any atom is -0.369 e. The molecule has 0 spiro atoms. The summed E-state index contributed by atoms with van der Waals surface area (Å²) in [5.74, 6) is 0.00925. The van der Waals surface area contributed by atoms with Gasteiger partial charge in [0, 0.05) is 59.4 Å². The van der Waals surface area contributed by atoms with E-state index in [2.05, 4.69) is 24.8 Å². The monoisotopic (exact) mass is 531 g/mol. The molecule has 1 saturated carbocycles. The van der Waals surface area contributed by atoms with Crippen LogP contribution in [0.4, 0.5) is 21.6 Å². The Bertz CT molecular complexity index is 1650. The number of fused-ring (bicyclic) bond motifs is 3. The lowest BCUT2D eigenvalue weighted by atomic mass is 10.00. The second-order valence-corrected chi connectivity index (χ2v) is 9.79. The van der Waals surface area contributed by atoms with Crippen LogP contribution in [0.15, 0.2) is 59.7 Å². The molecule has 3 heterocycles. The molecule has 11 heteroatoms. The van der Waals surface area contributed by atoms with Gasteiger partial charge in [-0.15, -0.1) is 0 Å². The van der Waals surface area contributed by atoms with E-state index < -0.39 is 23.0 Å². The first kappa shape index (κ1) is 24.1. The molecule has 0 aromatic heterocycles. The van der Waals surface area contributed by atoms with Gasteiger partial charge >= 0.3 is 0 Å². The molecule has 1 fully saturated rings. The molecule has 192 valence electrons. The normalized spacial score (nSPS) is 15.7. The number of hydrogen-bond acceptors (Lipinski definition) is 6. The summed E-state index contributed by atoms with van der Waals surface area (Å²) in [6, 6.07) is 12.7. The molecule has 0 saturated heterocycles. The van der Waals surface area contributed by atoms with E-state index in [1.165, 1.54) is 29.2 Å². The van der Waals surface area contributed by atoms with Crippen LogP contribution in [-0.2, 0) is 16.1 Å². The van der Waals surface area contributed by atoms with Crippen molar-refractivity contribution in [1.29, 1.82) is 0 Å². The van der Waals surface area contributed by atoms with Crippen molar-refractivity contribution >= 4 is 40.6 Å². The Morgan fingerprint density at radius 3 is 2.55 bits per heavy atom. The van der Waals surface area contributed by atoms with Crippen molar-refractivity contribution in [2.24, 2.45) is 16.1 Å². The first-order valence-corrected chi connectivity index (χ1v) is 12.5. The molecule has 2 amide bonds. The largest absolute Gasteiger partial charge is 0.369 e. The molecule has 3 N–H and O–H groups in total. The van der Waals surface area contributed by atoms with E-state index in [0.717, 1.165) is 22.8 Å². The third-order valence-corrected chi connectivity index (χ3v) is 7.44. The lowest BCUT2D eigenvalue weighted by Gasteiger charge is -2.27. The van der Waals surface area contributed by atoms with Gasteiger partial charge in [-0.1, -0.05) is 11.6 Å². The van der Waals surface area contributed by atoms with Crippen LogP contribution in [0, 0.1) is 11.2 Å². The summed E-state index contributed by atoms with van der Waals surface area (Å²) >= 11 is 6.72. The molecule has 3 aliphatic heterocycles. The first-order chi connectivity index (χ1) is 18.3. The topological polar surface area (TPSA) is 119 Å². The maximum Gasteiger partial charge on any atom is 0.247 e. The van der Waals surface area contributed by atoms with Gasteiger partial charge in [0.05, 0.1) is 0 Å². The number of carbonyl (C=O) groups is 2. The van der Waals surface area contributed by atoms with Crippen LogP contribution in [0.3, 0.4) is 0 Å². The standard InChI is InChI=1S/C27H23ClFN7O2/c1-31-26-33-14-15-12-20(23-32-10-11-35(23)22(15)34-26)19-13-18(6-7-21(19)28)36(17-4-2-16(29)3-5-17)25(38)27(8-9-27)24(30)37/h2-7,12-14,32H,8-11H2,1H3,(H2,30,37). The number of nitrogens with zero attached hydrogens (tertiary/aromatic N) is 5. The molecule has 0 bridgehead atoms. The number of nitrogens with one attached hydrogen (secondary N) is 1. The number of rotatable bonds is 5. The average Bonchev–Trinajstić information content (AvgIpc) is 3.60. The van der Waals surface area contributed by atoms with Crippen molar-refractivity contribution in [2.75, 3.05) is 23.8 Å². The van der Waals surface area contributed by atoms with Crippen molar-refractivity contribution in [3.8, 4) is 22.5 Å². The van der Waals surface area contributed by atoms with Crippen molar-refractivity contribution in [1.82, 2.24) is 14.5 Å². The molecule has 0 unspecified atom stereocenters. The molecule has 38 heavy (non-hydrogen) atoms. The van der Waals surface area contributed by atoms with Gasteiger partial charge in [-0.05, 0) is 61.4 Å². The summed E-state index contributed by atoms with van der Waals surface area (Å²) in [6.45, 7) is 1.39. The molecule has 0 atom stereocenters. The van der Waals surface area contributed by atoms with Crippen LogP contribution < -0.4 is 21.6 Å². The zero-order chi connectivity index (χ0) is 26.6. The summed E-state index contributed by atoms with van der Waals surface area (Å²) in [5.41, 5.74) is 7.90. The van der Waals surface area contributed by atoms with Crippen LogP contribution in [0.5, 0.6) is 0 Å². The Labute approximate surface area is 222 Å². The molecule has 1 aliphatic carbocycles. The van der Waals surface area contributed by atoms with Crippen molar-refractivity contribution < 1.29 is 14.0 Å². The number of amides is 2. The number of pyridine rings is 1. The quantitative estimate of drug-likeness (QED) is 0.380. The van der Waals surface area contributed by atoms with E-state index in [9.17, 15) is 14.0 Å². The predicted molar refractivity (Wildman–Crippen MR) is 141 cm³/mol. The number of carbonyl (C=O) groups excluding carboxylic acids is 2. The lowest BCUT2D eigenvalue weighted by Crippen LogP contribution is -2.41. The highest BCUT2D eigenvalue weighted by Gasteiger charge is 2.57. The number of aromatic nitrogens is 3. The molecular weight excluding hydrogens is 509 g/mol. The maximum absolute atomic E-state index is 13.8. The van der Waals surface area contributed by atoms with E-state index in [4.69, 9.17) is 17.3 Å². The summed E-state index contributed by atoms with van der Waals surface area (Å²) < 4.78 is 15.8. The summed E-state index contributed by atoms with van der Waals surface area (Å²) in [6.07, 6.45) is 2.45. The molecule has 2 aromatic carbocycles. The van der Waals surface area contributed by atoms with Crippen LogP contribution >= 0.6 is 11.6 Å². The Kier molecular flexibility index (Phi) is 5.64. The SMILES string of the molecule is CN=c1ncc2cc(-c3cc(N(C(=O)C4(C(N)=O)CC4)c4ccc(F)cc4)ccc3Cl)c3n(c-2n1)CCN3. The smallest absolute Gasteiger partial charge is 0.247 e. The van der Waals surface area contributed by atoms with Crippen molar-refractivity contribution in [3.05, 3.63) is 71.2 Å². The van der Waals surface area contributed by atoms with Crippen LogP contribution in [0.1, 0.15) is 12.8 Å². The fraction of sp³-hybridized carbons (Fsp3) is 0.222. The second kappa shape index (κ2) is 8.91. The fourth-order valence-electron chi connectivity index (χ4n) is 4.91. The molecule has 6 rings (SSSR count). The van der Waals surface area contributed by atoms with Crippen molar-refractivity contribution in [3.63, 3.8) is 0 Å². The van der Waals surface area contributed by atoms with Crippen LogP contribution in [0.2, 0.25) is 5.02 Å². The number of hydrogen-bond donors (Lipinski definition) is 2. The summed E-state index contributed by atoms with van der Waals surface area (Å²) in [7, 11) is 1.64. The number of halogens is 2. The van der Waals surface area contributed by atoms with Gasteiger partial charge < -0.3 is 15.6 Å². The highest BCUT2D eigenvalue weighted by Crippen LogP contribution is 2.50. The van der Waals surface area contributed by atoms with Gasteiger partial charge in [0.1, 0.15) is 22.9 Å². The average molecular weight is 532 g/mol. The number of nitrogens with two attached hydrogens (primary N) is 1. The van der Waals surface area contributed by atoms with Gasteiger partial charge in [0.25, 0.3) is 0 Å². The van der Waals surface area contributed by atoms with Gasteiger partial charge in [-0.3, -0.25) is 19.5 Å². The highest BCUT2D eigenvalue weighted by atomic mass is 35.5. The molecule has 9 nitrogen and oxygen atoms in total. The fourth-order valence-corrected chi connectivity index (χ4v) is 5.13. The minimum absolute atomic E-state index is 0.365. The van der Waals surface area contributed by atoms with Crippen LogP contribution in [0.25, 0.3) is 22.5 Å². The maximum atomic E-state index is 13.8. The van der Waals surface area contributed by atoms with Gasteiger partial charge in [-0.2, -0.15) is 4.98 Å². The van der Waals surface area contributed by atoms with Gasteiger partial charge in [0.2, 0.25) is 17.4 Å². The van der Waals surface area contributed by atoms with E-state index in [-0.39, 0.29) is 0 Å². The third-order valence-electron chi connectivity index (χ3n) is 7.11. The summed E-state index contributed by atoms with van der Waals surface area (Å²) in [5, 5.41) is 3.88. The van der Waals surface area contributed by atoms with Crippen molar-refractivity contribution in [2.45, 2.75) is 19.4 Å². The van der Waals surface area contributed by atoms with Gasteiger partial charge in [0.15, 0.2) is 0 Å². The zero-order valence-corrected chi connectivity index (χ0v) is 21.2. The Morgan fingerprint density at radius 1 is 1.13 bits per heavy atom. The molecule has 0 radical (unpaired) electrons. The van der Waals surface area contributed by atoms with Crippen LogP contribution in [-0.4, -0.2) is 39.9 Å². The molecule has 4 aliphatic rings. The van der Waals surface area contributed by atoms with E-state index in [1.54, 1.807) is 31.4 Å². The van der Waals surface area contributed by atoms with Gasteiger partial charge in [-0.25, -0.2) is 9.37 Å². The lowest BCUT2D eigenvalue weighted by molar-refractivity contribution is -0.133. The number of anilines is 3. The third kappa shape index (κ3) is 3.79. The van der Waals surface area contributed by atoms with E-state index in [0.29, 0.717) is 53.5 Å². The molecular formula is C27H23ClFN7O2. The van der Waals surface area contributed by atoms with E-state index in [1.807, 2.05) is 6.07 Å². The second-order valence-electron chi connectivity index (χ2n) is 9.39. The minimum atomic E-state index is -1.28. The summed E-state index contributed by atoms with van der Waals surface area (Å²) in [4.78, 5) is 40.4. The predicted octanol–water partition coefficient (Wildman–Crippen LogP) is 3.73. The zero-order valence-electron chi connectivity index (χ0n) is 20.4. The Morgan fingerprint density at radius 2 is 1.87 bits per heavy atom. The number of primary amides is 1. The van der Waals surface area contributed by atoms with E-state index >= 15 is 0 Å².